The van der Waals surface area contributed by atoms with Crippen molar-refractivity contribution in [3.8, 4) is 0 Å². The molecule has 0 fully saturated rings. The smallest absolute Gasteiger partial charge is 0.726 e. The summed E-state index contributed by atoms with van der Waals surface area (Å²) in [6.07, 6.45) is 13.2. The predicted molar refractivity (Wildman–Crippen MR) is 81.6 cm³/mol. The van der Waals surface area contributed by atoms with E-state index in [1.165, 1.54) is 6.42 Å². The zero-order valence-electron chi connectivity index (χ0n) is 13.9. The van der Waals surface area contributed by atoms with Gasteiger partial charge in [0.2, 0.25) is 10.4 Å². The fourth-order valence-corrected chi connectivity index (χ4v) is 2.39. The van der Waals surface area contributed by atoms with Crippen LogP contribution in [0, 0.1) is 0 Å². The van der Waals surface area contributed by atoms with Crippen LogP contribution in [-0.4, -0.2) is 25.4 Å². The van der Waals surface area contributed by atoms with Gasteiger partial charge < -0.3 is 4.55 Å². The van der Waals surface area contributed by atoms with Crippen molar-refractivity contribution in [1.82, 2.24) is 0 Å². The first-order chi connectivity index (χ1) is 9.95. The monoisotopic (exact) mass is 342 g/mol. The second-order valence-electron chi connectivity index (χ2n) is 5.13. The Morgan fingerprint density at radius 1 is 0.955 bits per heavy atom. The number of allylic oxidation sites excluding steroid dienone is 2. The van der Waals surface area contributed by atoms with Crippen LogP contribution in [0.2, 0.25) is 0 Å². The van der Waals surface area contributed by atoms with E-state index < -0.39 is 10.4 Å². The van der Waals surface area contributed by atoms with Gasteiger partial charge in [-0.05, 0) is 25.8 Å². The van der Waals surface area contributed by atoms with Gasteiger partial charge in [0.1, 0.15) is 0 Å². The molecule has 0 radical (unpaired) electrons. The molecule has 0 N–H and O–H groups in total. The molecule has 0 aliphatic carbocycles. The van der Waals surface area contributed by atoms with Crippen molar-refractivity contribution in [1.29, 1.82) is 0 Å². The molecule has 0 unspecified atom stereocenters. The zero-order valence-corrected chi connectivity index (χ0v) is 16.7. The predicted octanol–water partition coefficient (Wildman–Crippen LogP) is 0.513. The Morgan fingerprint density at radius 3 is 1.86 bits per heavy atom. The van der Waals surface area contributed by atoms with E-state index in [1.54, 1.807) is 12.2 Å². The first-order valence-corrected chi connectivity index (χ1v) is 9.05. The van der Waals surface area contributed by atoms with E-state index in [0.29, 0.717) is 12.8 Å². The molecule has 0 saturated carbocycles. The summed E-state index contributed by atoms with van der Waals surface area (Å²) < 4.78 is 34.6. The zero-order chi connectivity index (χ0) is 16.0. The quantitative estimate of drug-likeness (QED) is 0.151. The van der Waals surface area contributed by atoms with Gasteiger partial charge in [0.15, 0.2) is 5.78 Å². The summed E-state index contributed by atoms with van der Waals surface area (Å²) >= 11 is 0. The van der Waals surface area contributed by atoms with Gasteiger partial charge in [-0.25, -0.2) is 8.42 Å². The molecule has 5 nitrogen and oxygen atoms in total. The molecule has 0 saturated heterocycles. The molecule has 7 heteroatoms. The Bertz CT molecular complexity index is 393. The second kappa shape index (κ2) is 16.1. The molecule has 0 aromatic rings. The standard InChI is InChI=1S/C15H28O5S.Na/c1-2-12-15(16)13-10-8-6-4-3-5-7-9-11-14-20-21(17,18)19;/h2,12H,3-11,13-14H2,1H3,(H,17,18,19);/q;+1/p-1/b12-2+;. The summed E-state index contributed by atoms with van der Waals surface area (Å²) in [5, 5.41) is 0. The van der Waals surface area contributed by atoms with Crippen LogP contribution in [0.3, 0.4) is 0 Å². The minimum absolute atomic E-state index is 0. The molecule has 0 rings (SSSR count). The van der Waals surface area contributed by atoms with Gasteiger partial charge in [-0.1, -0.05) is 51.0 Å². The fourth-order valence-electron chi connectivity index (χ4n) is 2.07. The van der Waals surface area contributed by atoms with Gasteiger partial charge in [0.25, 0.3) is 0 Å². The molecule has 0 bridgehead atoms. The maximum absolute atomic E-state index is 11.2. The SMILES string of the molecule is C/C=C/C(=O)CCCCCCCCCCCOS(=O)(=O)[O-].[Na+]. The summed E-state index contributed by atoms with van der Waals surface area (Å²) in [4.78, 5) is 11.2. The molecule has 22 heavy (non-hydrogen) atoms. The van der Waals surface area contributed by atoms with E-state index in [-0.39, 0.29) is 41.9 Å². The molecular weight excluding hydrogens is 315 g/mol. The number of hydrogen-bond donors (Lipinski definition) is 0. The Morgan fingerprint density at radius 2 is 1.41 bits per heavy atom. The average Bonchev–Trinajstić information content (AvgIpc) is 2.39. The third-order valence-corrected chi connectivity index (χ3v) is 3.60. The van der Waals surface area contributed by atoms with Crippen molar-refractivity contribution >= 4 is 16.2 Å². The Labute approximate surface area is 157 Å². The maximum Gasteiger partial charge on any atom is 1.00 e. The summed E-state index contributed by atoms with van der Waals surface area (Å²) in [6, 6.07) is 0. The third-order valence-electron chi connectivity index (χ3n) is 3.15. The summed E-state index contributed by atoms with van der Waals surface area (Å²) in [6.45, 7) is 1.84. The van der Waals surface area contributed by atoms with E-state index in [0.717, 1.165) is 44.9 Å². The third kappa shape index (κ3) is 20.3. The fraction of sp³-hybridized carbons (Fsp3) is 0.800. The molecule has 0 amide bonds. The van der Waals surface area contributed by atoms with Gasteiger partial charge in [-0.15, -0.1) is 0 Å². The van der Waals surface area contributed by atoms with Crippen LogP contribution in [0.25, 0.3) is 0 Å². The average molecular weight is 342 g/mol. The van der Waals surface area contributed by atoms with Crippen LogP contribution >= 0.6 is 0 Å². The minimum Gasteiger partial charge on any atom is -0.726 e. The molecule has 0 heterocycles. The molecule has 0 aliphatic heterocycles. The normalized spacial score (nSPS) is 11.5. The van der Waals surface area contributed by atoms with Gasteiger partial charge in [0, 0.05) is 6.42 Å². The number of unbranched alkanes of at least 4 members (excludes halogenated alkanes) is 8. The van der Waals surface area contributed by atoms with Gasteiger partial charge in [-0.3, -0.25) is 8.98 Å². The van der Waals surface area contributed by atoms with Crippen LogP contribution in [0.5, 0.6) is 0 Å². The molecule has 124 valence electrons. The number of rotatable bonds is 14. The van der Waals surface area contributed by atoms with Crippen LogP contribution in [0.1, 0.15) is 71.1 Å². The number of ketones is 1. The maximum atomic E-state index is 11.2. The topological polar surface area (TPSA) is 83.5 Å². The van der Waals surface area contributed by atoms with Gasteiger partial charge in [0.05, 0.1) is 6.61 Å². The number of hydrogen-bond acceptors (Lipinski definition) is 5. The van der Waals surface area contributed by atoms with Crippen LogP contribution in [0.15, 0.2) is 12.2 Å². The van der Waals surface area contributed by atoms with E-state index in [2.05, 4.69) is 4.18 Å². The van der Waals surface area contributed by atoms with Crippen LogP contribution < -0.4 is 29.6 Å². The first-order valence-electron chi connectivity index (χ1n) is 7.71. The first kappa shape index (κ1) is 24.5. The molecule has 0 aliphatic rings. The van der Waals surface area contributed by atoms with Crippen molar-refractivity contribution in [2.24, 2.45) is 0 Å². The Kier molecular flexibility index (Phi) is 18.0. The van der Waals surface area contributed by atoms with Crippen LogP contribution in [0.4, 0.5) is 0 Å². The minimum atomic E-state index is -4.52. The van der Waals surface area contributed by atoms with E-state index in [4.69, 9.17) is 0 Å². The van der Waals surface area contributed by atoms with Gasteiger partial charge in [-0.2, -0.15) is 0 Å². The van der Waals surface area contributed by atoms with E-state index in [1.807, 2.05) is 6.92 Å². The molecule has 0 atom stereocenters. The van der Waals surface area contributed by atoms with E-state index in [9.17, 15) is 17.8 Å². The van der Waals surface area contributed by atoms with Crippen molar-refractivity contribution in [3.63, 3.8) is 0 Å². The molecular formula is C15H27NaO5S. The van der Waals surface area contributed by atoms with Crippen molar-refractivity contribution < 1.29 is 51.5 Å². The Hall–Kier alpha value is 0.280. The van der Waals surface area contributed by atoms with Crippen molar-refractivity contribution in [3.05, 3.63) is 12.2 Å². The number of carbonyl (C=O) groups is 1. The van der Waals surface area contributed by atoms with E-state index >= 15 is 0 Å². The summed E-state index contributed by atoms with van der Waals surface area (Å²) in [5.74, 6) is 0.208. The summed E-state index contributed by atoms with van der Waals surface area (Å²) in [5.41, 5.74) is 0. The summed E-state index contributed by atoms with van der Waals surface area (Å²) in [7, 11) is -4.52. The van der Waals surface area contributed by atoms with Crippen molar-refractivity contribution in [2.45, 2.75) is 71.1 Å². The number of carbonyl (C=O) groups excluding carboxylic acids is 1. The molecule has 0 aromatic heterocycles. The largest absolute Gasteiger partial charge is 1.00 e. The van der Waals surface area contributed by atoms with Gasteiger partial charge >= 0.3 is 29.6 Å². The molecule has 0 spiro atoms. The Balaban J connectivity index is 0. The molecule has 0 aromatic carbocycles. The van der Waals surface area contributed by atoms with Crippen molar-refractivity contribution in [2.75, 3.05) is 6.61 Å². The van der Waals surface area contributed by atoms with Crippen LogP contribution in [-0.2, 0) is 19.4 Å². The second-order valence-corrected chi connectivity index (χ2v) is 6.18.